The van der Waals surface area contributed by atoms with Crippen LogP contribution in [-0.2, 0) is 12.8 Å². The lowest BCUT2D eigenvalue weighted by Crippen LogP contribution is -2.03. The van der Waals surface area contributed by atoms with Gasteiger partial charge in [-0.05, 0) is 43.7 Å². The number of alkyl halides is 3. The van der Waals surface area contributed by atoms with Crippen molar-refractivity contribution in [1.29, 1.82) is 0 Å². The highest BCUT2D eigenvalue weighted by Gasteiger charge is 2.30. The molecule has 3 rings (SSSR count). The van der Waals surface area contributed by atoms with E-state index in [0.717, 1.165) is 34.0 Å². The van der Waals surface area contributed by atoms with Gasteiger partial charge in [0, 0.05) is 5.56 Å². The van der Waals surface area contributed by atoms with Gasteiger partial charge in [0.05, 0.1) is 16.1 Å². The number of hydrogen-bond acceptors (Lipinski definition) is 3. The zero-order chi connectivity index (χ0) is 18.0. The molecule has 0 fully saturated rings. The lowest BCUT2D eigenvalue weighted by atomic mass is 10.1. The first-order valence-corrected chi connectivity index (χ1v) is 8.48. The summed E-state index contributed by atoms with van der Waals surface area (Å²) in [7, 11) is 0. The van der Waals surface area contributed by atoms with Crippen LogP contribution >= 0.6 is 11.3 Å². The molecule has 0 aliphatic rings. The zero-order valence-corrected chi connectivity index (χ0v) is 14.5. The molecule has 130 valence electrons. The Kier molecular flexibility index (Phi) is 4.81. The fourth-order valence-electron chi connectivity index (χ4n) is 2.34. The van der Waals surface area contributed by atoms with Crippen LogP contribution in [0.25, 0.3) is 10.6 Å². The maximum absolute atomic E-state index is 12.7. The lowest BCUT2D eigenvalue weighted by molar-refractivity contribution is -0.137. The quantitative estimate of drug-likeness (QED) is 0.565. The number of hydrogen-bond donors (Lipinski definition) is 0. The molecule has 0 N–H and O–H groups in total. The van der Waals surface area contributed by atoms with Crippen LogP contribution in [0.15, 0.2) is 48.5 Å². The monoisotopic (exact) mass is 363 g/mol. The summed E-state index contributed by atoms with van der Waals surface area (Å²) in [6.07, 6.45) is -4.33. The molecule has 0 bridgehead atoms. The SMILES string of the molecule is Cc1cccc(OCc2sc(-c3ccc(C(F)(F)F)cc3)nc2C)c1. The van der Waals surface area contributed by atoms with Crippen LogP contribution in [0, 0.1) is 13.8 Å². The molecular formula is C19H16F3NOS. The molecule has 0 spiro atoms. The molecule has 0 unspecified atom stereocenters. The third-order valence-electron chi connectivity index (χ3n) is 3.71. The standard InChI is InChI=1S/C19H16F3NOS/c1-12-4-3-5-16(10-12)24-11-17-13(2)23-18(25-17)14-6-8-15(9-7-14)19(20,21)22/h3-10H,11H2,1-2H3. The van der Waals surface area contributed by atoms with Crippen LogP contribution in [0.4, 0.5) is 13.2 Å². The minimum Gasteiger partial charge on any atom is -0.488 e. The molecule has 0 aliphatic heterocycles. The summed E-state index contributed by atoms with van der Waals surface area (Å²) in [5.41, 5.74) is 1.95. The summed E-state index contributed by atoms with van der Waals surface area (Å²) < 4.78 is 43.7. The third kappa shape index (κ3) is 4.20. The summed E-state index contributed by atoms with van der Waals surface area (Å²) in [4.78, 5) is 5.41. The third-order valence-corrected chi connectivity index (χ3v) is 4.89. The average molecular weight is 363 g/mol. The van der Waals surface area contributed by atoms with Gasteiger partial charge in [-0.2, -0.15) is 13.2 Å². The molecule has 25 heavy (non-hydrogen) atoms. The van der Waals surface area contributed by atoms with Gasteiger partial charge in [-0.3, -0.25) is 0 Å². The molecule has 2 nitrogen and oxygen atoms in total. The molecule has 1 heterocycles. The first-order chi connectivity index (χ1) is 11.8. The predicted molar refractivity (Wildman–Crippen MR) is 92.8 cm³/mol. The van der Waals surface area contributed by atoms with Crippen LogP contribution < -0.4 is 4.74 Å². The maximum atomic E-state index is 12.7. The minimum atomic E-state index is -4.33. The molecule has 0 atom stereocenters. The molecular weight excluding hydrogens is 347 g/mol. The molecule has 2 aromatic carbocycles. The number of thiazole rings is 1. The molecule has 3 aromatic rings. The van der Waals surface area contributed by atoms with E-state index in [4.69, 9.17) is 4.74 Å². The summed E-state index contributed by atoms with van der Waals surface area (Å²) in [5, 5.41) is 0.689. The van der Waals surface area contributed by atoms with Crippen molar-refractivity contribution in [2.75, 3.05) is 0 Å². The van der Waals surface area contributed by atoms with Gasteiger partial charge in [0.25, 0.3) is 0 Å². The number of ether oxygens (including phenoxy) is 1. The Labute approximate surface area is 147 Å². The van der Waals surface area contributed by atoms with Crippen molar-refractivity contribution >= 4 is 11.3 Å². The summed E-state index contributed by atoms with van der Waals surface area (Å²) in [6.45, 7) is 4.25. The van der Waals surface area contributed by atoms with Gasteiger partial charge in [0.2, 0.25) is 0 Å². The number of aryl methyl sites for hydroxylation is 2. The summed E-state index contributed by atoms with van der Waals surface area (Å²) >= 11 is 1.43. The molecule has 0 radical (unpaired) electrons. The van der Waals surface area contributed by atoms with Crippen molar-refractivity contribution in [3.05, 3.63) is 70.2 Å². The molecule has 0 amide bonds. The maximum Gasteiger partial charge on any atom is 0.416 e. The Morgan fingerprint density at radius 2 is 1.76 bits per heavy atom. The van der Waals surface area contributed by atoms with Gasteiger partial charge in [0.1, 0.15) is 17.4 Å². The second-order valence-electron chi connectivity index (χ2n) is 5.71. The number of aromatic nitrogens is 1. The highest BCUT2D eigenvalue weighted by atomic mass is 32.1. The fraction of sp³-hybridized carbons (Fsp3) is 0.211. The van der Waals surface area contributed by atoms with E-state index in [1.54, 1.807) is 0 Å². The van der Waals surface area contributed by atoms with Gasteiger partial charge in [-0.25, -0.2) is 4.98 Å². The van der Waals surface area contributed by atoms with E-state index < -0.39 is 11.7 Å². The molecule has 1 aromatic heterocycles. The van der Waals surface area contributed by atoms with Crippen molar-refractivity contribution in [2.24, 2.45) is 0 Å². The van der Waals surface area contributed by atoms with Crippen molar-refractivity contribution in [1.82, 2.24) is 4.98 Å². The summed E-state index contributed by atoms with van der Waals surface area (Å²) in [5.74, 6) is 0.781. The summed E-state index contributed by atoms with van der Waals surface area (Å²) in [6, 6.07) is 12.8. The second-order valence-corrected chi connectivity index (χ2v) is 6.79. The van der Waals surface area contributed by atoms with E-state index >= 15 is 0 Å². The van der Waals surface area contributed by atoms with Crippen molar-refractivity contribution in [3.8, 4) is 16.3 Å². The van der Waals surface area contributed by atoms with E-state index in [0.29, 0.717) is 17.2 Å². The zero-order valence-electron chi connectivity index (χ0n) is 13.7. The van der Waals surface area contributed by atoms with Gasteiger partial charge in [0.15, 0.2) is 0 Å². The Hall–Kier alpha value is -2.34. The minimum absolute atomic E-state index is 0.383. The molecule has 0 saturated heterocycles. The number of benzene rings is 2. The van der Waals surface area contributed by atoms with Gasteiger partial charge >= 0.3 is 6.18 Å². The van der Waals surface area contributed by atoms with Crippen molar-refractivity contribution in [2.45, 2.75) is 26.6 Å². The van der Waals surface area contributed by atoms with Crippen LogP contribution in [0.3, 0.4) is 0 Å². The van der Waals surface area contributed by atoms with Crippen LogP contribution in [0.1, 0.15) is 21.7 Å². The second kappa shape index (κ2) is 6.88. The van der Waals surface area contributed by atoms with Gasteiger partial charge in [-0.1, -0.05) is 24.3 Å². The lowest BCUT2D eigenvalue weighted by Gasteiger charge is -2.06. The smallest absolute Gasteiger partial charge is 0.416 e. The predicted octanol–water partition coefficient (Wildman–Crippen LogP) is 6.02. The van der Waals surface area contributed by atoms with E-state index in [-0.39, 0.29) is 0 Å². The highest BCUT2D eigenvalue weighted by molar-refractivity contribution is 7.15. The number of halogens is 3. The first-order valence-electron chi connectivity index (χ1n) is 7.66. The van der Waals surface area contributed by atoms with E-state index in [2.05, 4.69) is 4.98 Å². The molecule has 0 saturated carbocycles. The first kappa shape index (κ1) is 17.5. The Morgan fingerprint density at radius 1 is 1.04 bits per heavy atom. The number of nitrogens with zero attached hydrogens (tertiary/aromatic N) is 1. The Morgan fingerprint density at radius 3 is 2.40 bits per heavy atom. The van der Waals surface area contributed by atoms with E-state index in [1.165, 1.54) is 23.5 Å². The topological polar surface area (TPSA) is 22.1 Å². The largest absolute Gasteiger partial charge is 0.488 e. The average Bonchev–Trinajstić information content (AvgIpc) is 2.93. The van der Waals surface area contributed by atoms with Crippen molar-refractivity contribution < 1.29 is 17.9 Å². The highest BCUT2D eigenvalue weighted by Crippen LogP contribution is 2.33. The van der Waals surface area contributed by atoms with Crippen LogP contribution in [0.5, 0.6) is 5.75 Å². The van der Waals surface area contributed by atoms with E-state index in [1.807, 2.05) is 38.1 Å². The molecule has 0 aliphatic carbocycles. The van der Waals surface area contributed by atoms with Gasteiger partial charge < -0.3 is 4.74 Å². The van der Waals surface area contributed by atoms with Crippen LogP contribution in [0.2, 0.25) is 0 Å². The van der Waals surface area contributed by atoms with Crippen LogP contribution in [-0.4, -0.2) is 4.98 Å². The van der Waals surface area contributed by atoms with Gasteiger partial charge in [-0.15, -0.1) is 11.3 Å². The fourth-order valence-corrected chi connectivity index (χ4v) is 3.32. The number of rotatable bonds is 4. The van der Waals surface area contributed by atoms with Crippen molar-refractivity contribution in [3.63, 3.8) is 0 Å². The normalized spacial score (nSPS) is 11.6. The Balaban J connectivity index is 1.76. The Bertz CT molecular complexity index is 869. The van der Waals surface area contributed by atoms with E-state index in [9.17, 15) is 13.2 Å². The molecule has 6 heteroatoms.